The summed E-state index contributed by atoms with van der Waals surface area (Å²) in [6.45, 7) is 3.74. The molecule has 0 radical (unpaired) electrons. The van der Waals surface area contributed by atoms with Crippen molar-refractivity contribution in [3.63, 3.8) is 0 Å². The van der Waals surface area contributed by atoms with E-state index in [1.165, 1.54) is 6.33 Å². The second-order valence-corrected chi connectivity index (χ2v) is 8.61. The molecule has 35 heavy (non-hydrogen) atoms. The molecule has 10 nitrogen and oxygen atoms in total. The number of hydrogen-bond donors (Lipinski definition) is 1. The first kappa shape index (κ1) is 21.4. The van der Waals surface area contributed by atoms with Crippen LogP contribution in [0.2, 0.25) is 0 Å². The van der Waals surface area contributed by atoms with E-state index in [1.54, 1.807) is 6.20 Å². The van der Waals surface area contributed by atoms with Gasteiger partial charge in [0.1, 0.15) is 25.4 Å². The molecule has 1 amide bonds. The number of nitrogen functional groups attached to an aromatic ring is 1. The van der Waals surface area contributed by atoms with Gasteiger partial charge in [0.25, 0.3) is 0 Å². The Bertz CT molecular complexity index is 1400. The van der Waals surface area contributed by atoms with E-state index >= 15 is 0 Å². The number of hydrogen-bond acceptors (Lipinski definition) is 9. The van der Waals surface area contributed by atoms with Crippen LogP contribution in [-0.4, -0.2) is 63.5 Å². The monoisotopic (exact) mass is 472 g/mol. The second kappa shape index (κ2) is 8.88. The highest BCUT2D eigenvalue weighted by Gasteiger charge is 2.25. The van der Waals surface area contributed by atoms with Crippen LogP contribution in [0.15, 0.2) is 53.3 Å². The number of ether oxygens (including phenoxy) is 2. The zero-order valence-electron chi connectivity index (χ0n) is 19.0. The molecule has 2 aromatic heterocycles. The van der Waals surface area contributed by atoms with Crippen molar-refractivity contribution in [3.05, 3.63) is 60.4 Å². The zero-order valence-corrected chi connectivity index (χ0v) is 19.0. The van der Waals surface area contributed by atoms with Gasteiger partial charge in [-0.15, -0.1) is 0 Å². The smallest absolute Gasteiger partial charge is 0.237 e. The van der Waals surface area contributed by atoms with E-state index in [2.05, 4.69) is 15.0 Å². The average Bonchev–Trinajstić information content (AvgIpc) is 3.34. The third-order valence-corrected chi connectivity index (χ3v) is 6.24. The molecule has 0 unspecified atom stereocenters. The number of benzene rings is 2. The standard InChI is InChI=1S/C25H24N6O4/c26-25-18-3-1-16(9-19(18)28-15-29-25)12-31-6-5-30(14-24(31)32)13-23-27-11-22(35-23)17-2-4-20-21(10-17)34-8-7-33-20/h1-4,9-11,15H,5-8,12-14H2,(H2,26,28,29). The molecule has 2 N–H and O–H groups in total. The van der Waals surface area contributed by atoms with E-state index in [0.717, 1.165) is 34.3 Å². The molecule has 4 aromatic rings. The van der Waals surface area contributed by atoms with Gasteiger partial charge in [-0.05, 0) is 35.9 Å². The fourth-order valence-corrected chi connectivity index (χ4v) is 4.41. The fourth-order valence-electron chi connectivity index (χ4n) is 4.41. The summed E-state index contributed by atoms with van der Waals surface area (Å²) in [6.07, 6.45) is 3.15. The van der Waals surface area contributed by atoms with Crippen LogP contribution in [0, 0.1) is 0 Å². The molecular weight excluding hydrogens is 448 g/mol. The van der Waals surface area contributed by atoms with Gasteiger partial charge < -0.3 is 24.5 Å². The molecule has 6 rings (SSSR count). The fraction of sp³-hybridized carbons (Fsp3) is 0.280. The Hall–Kier alpha value is -4.18. The molecule has 10 heteroatoms. The lowest BCUT2D eigenvalue weighted by Crippen LogP contribution is -2.49. The topological polar surface area (TPSA) is 120 Å². The molecular formula is C25H24N6O4. The Labute approximate surface area is 201 Å². The van der Waals surface area contributed by atoms with Gasteiger partial charge in [0.2, 0.25) is 11.8 Å². The first-order chi connectivity index (χ1) is 17.1. The summed E-state index contributed by atoms with van der Waals surface area (Å²) in [6, 6.07) is 11.5. The number of fused-ring (bicyclic) bond motifs is 2. The van der Waals surface area contributed by atoms with Crippen molar-refractivity contribution in [2.24, 2.45) is 0 Å². The Morgan fingerprint density at radius 2 is 1.83 bits per heavy atom. The lowest BCUT2D eigenvalue weighted by atomic mass is 10.1. The SMILES string of the molecule is Nc1ncnc2cc(CN3CCN(Cc4ncc(-c5ccc6c(c5)OCCO6)o4)CC3=O)ccc12. The molecule has 0 saturated carbocycles. The van der Waals surface area contributed by atoms with Crippen LogP contribution < -0.4 is 15.2 Å². The quantitative estimate of drug-likeness (QED) is 0.467. The molecule has 178 valence electrons. The second-order valence-electron chi connectivity index (χ2n) is 8.61. The highest BCUT2D eigenvalue weighted by Crippen LogP contribution is 2.34. The van der Waals surface area contributed by atoms with Gasteiger partial charge >= 0.3 is 0 Å². The van der Waals surface area contributed by atoms with Crippen LogP contribution in [0.3, 0.4) is 0 Å². The van der Waals surface area contributed by atoms with E-state index in [4.69, 9.17) is 19.6 Å². The van der Waals surface area contributed by atoms with Crippen molar-refractivity contribution in [3.8, 4) is 22.8 Å². The lowest BCUT2D eigenvalue weighted by Gasteiger charge is -2.33. The Balaban J connectivity index is 1.08. The Morgan fingerprint density at radius 1 is 0.943 bits per heavy atom. The van der Waals surface area contributed by atoms with Gasteiger partial charge in [-0.3, -0.25) is 9.69 Å². The molecule has 0 bridgehead atoms. The third kappa shape index (κ3) is 4.35. The van der Waals surface area contributed by atoms with Gasteiger partial charge in [-0.2, -0.15) is 0 Å². The molecule has 0 atom stereocenters. The summed E-state index contributed by atoms with van der Waals surface area (Å²) < 4.78 is 17.2. The number of nitrogens with two attached hydrogens (primary N) is 1. The van der Waals surface area contributed by atoms with Crippen LogP contribution in [0.25, 0.3) is 22.2 Å². The number of carbonyl (C=O) groups excluding carboxylic acids is 1. The van der Waals surface area contributed by atoms with Crippen molar-refractivity contribution in [1.29, 1.82) is 0 Å². The van der Waals surface area contributed by atoms with Crippen molar-refractivity contribution < 1.29 is 18.7 Å². The maximum Gasteiger partial charge on any atom is 0.237 e. The third-order valence-electron chi connectivity index (χ3n) is 6.24. The first-order valence-electron chi connectivity index (χ1n) is 11.5. The Morgan fingerprint density at radius 3 is 2.71 bits per heavy atom. The van der Waals surface area contributed by atoms with Crippen LogP contribution in [-0.2, 0) is 17.9 Å². The number of amides is 1. The van der Waals surface area contributed by atoms with E-state index < -0.39 is 0 Å². The van der Waals surface area contributed by atoms with Crippen molar-refractivity contribution in [2.75, 3.05) is 38.6 Å². The zero-order chi connectivity index (χ0) is 23.8. The molecule has 2 aliphatic heterocycles. The van der Waals surface area contributed by atoms with E-state index in [0.29, 0.717) is 62.6 Å². The molecule has 4 heterocycles. The van der Waals surface area contributed by atoms with E-state index in [9.17, 15) is 4.79 Å². The van der Waals surface area contributed by atoms with Crippen LogP contribution in [0.1, 0.15) is 11.5 Å². The number of rotatable bonds is 5. The summed E-state index contributed by atoms with van der Waals surface area (Å²) >= 11 is 0. The summed E-state index contributed by atoms with van der Waals surface area (Å²) in [4.78, 5) is 29.5. The van der Waals surface area contributed by atoms with Crippen molar-refractivity contribution >= 4 is 22.6 Å². The summed E-state index contributed by atoms with van der Waals surface area (Å²) in [7, 11) is 0. The minimum Gasteiger partial charge on any atom is -0.486 e. The molecule has 1 saturated heterocycles. The molecule has 1 fully saturated rings. The maximum atomic E-state index is 12.8. The Kier molecular flexibility index (Phi) is 5.42. The summed E-state index contributed by atoms with van der Waals surface area (Å²) in [5, 5.41) is 0.814. The molecule has 0 spiro atoms. The van der Waals surface area contributed by atoms with Crippen molar-refractivity contribution in [1.82, 2.24) is 24.8 Å². The number of anilines is 1. The van der Waals surface area contributed by atoms with Gasteiger partial charge in [0.15, 0.2) is 17.3 Å². The van der Waals surface area contributed by atoms with Gasteiger partial charge in [0, 0.05) is 30.6 Å². The number of aromatic nitrogens is 3. The predicted molar refractivity (Wildman–Crippen MR) is 128 cm³/mol. The highest BCUT2D eigenvalue weighted by molar-refractivity contribution is 5.88. The van der Waals surface area contributed by atoms with Gasteiger partial charge in [0.05, 0.1) is 24.8 Å². The van der Waals surface area contributed by atoms with Gasteiger partial charge in [-0.25, -0.2) is 15.0 Å². The van der Waals surface area contributed by atoms with Gasteiger partial charge in [-0.1, -0.05) is 6.07 Å². The largest absolute Gasteiger partial charge is 0.486 e. The average molecular weight is 473 g/mol. The number of piperazine rings is 1. The predicted octanol–water partition coefficient (Wildman–Crippen LogP) is 2.48. The minimum absolute atomic E-state index is 0.0668. The summed E-state index contributed by atoms with van der Waals surface area (Å²) in [5.41, 5.74) is 8.56. The minimum atomic E-state index is 0.0668. The van der Waals surface area contributed by atoms with Crippen LogP contribution >= 0.6 is 0 Å². The summed E-state index contributed by atoms with van der Waals surface area (Å²) in [5.74, 6) is 3.19. The van der Waals surface area contributed by atoms with Crippen LogP contribution in [0.4, 0.5) is 5.82 Å². The van der Waals surface area contributed by atoms with Crippen LogP contribution in [0.5, 0.6) is 11.5 Å². The molecule has 2 aliphatic rings. The normalized spacial score (nSPS) is 16.1. The van der Waals surface area contributed by atoms with E-state index in [-0.39, 0.29) is 5.91 Å². The first-order valence-corrected chi connectivity index (χ1v) is 11.5. The lowest BCUT2D eigenvalue weighted by molar-refractivity contribution is -0.137. The highest BCUT2D eigenvalue weighted by atomic mass is 16.6. The van der Waals surface area contributed by atoms with E-state index in [1.807, 2.05) is 46.2 Å². The number of oxazole rings is 1. The molecule has 0 aliphatic carbocycles. The number of carbonyl (C=O) groups is 1. The van der Waals surface area contributed by atoms with Crippen molar-refractivity contribution in [2.45, 2.75) is 13.1 Å². The number of nitrogens with zero attached hydrogens (tertiary/aromatic N) is 5. The maximum absolute atomic E-state index is 12.8. The molecule has 2 aromatic carbocycles.